The van der Waals surface area contributed by atoms with E-state index in [1.54, 1.807) is 0 Å². The number of nitrogens with one attached hydrogen (secondary N) is 1. The summed E-state index contributed by atoms with van der Waals surface area (Å²) < 4.78 is 5.85. The van der Waals surface area contributed by atoms with E-state index in [0.717, 1.165) is 6.54 Å². The van der Waals surface area contributed by atoms with Crippen molar-refractivity contribution in [3.63, 3.8) is 0 Å². The summed E-state index contributed by atoms with van der Waals surface area (Å²) >= 11 is 0. The van der Waals surface area contributed by atoms with Crippen molar-refractivity contribution in [2.24, 2.45) is 0 Å². The molecule has 17 heavy (non-hydrogen) atoms. The Morgan fingerprint density at radius 1 is 1.12 bits per heavy atom. The largest absolute Gasteiger partial charge is 0.372 e. The van der Waals surface area contributed by atoms with E-state index in [1.165, 1.54) is 45.3 Å². The van der Waals surface area contributed by atoms with Gasteiger partial charge in [-0.2, -0.15) is 0 Å². The van der Waals surface area contributed by atoms with E-state index in [0.29, 0.717) is 12.2 Å². The van der Waals surface area contributed by atoms with Crippen LogP contribution in [0.25, 0.3) is 0 Å². The average molecular weight is 240 g/mol. The van der Waals surface area contributed by atoms with Gasteiger partial charge in [-0.05, 0) is 59.5 Å². The first-order valence-corrected chi connectivity index (χ1v) is 7.16. The van der Waals surface area contributed by atoms with Crippen LogP contribution in [0.5, 0.6) is 0 Å². The second kappa shape index (κ2) is 5.68. The molecule has 2 aliphatic rings. The van der Waals surface area contributed by atoms with Crippen molar-refractivity contribution in [1.82, 2.24) is 10.2 Å². The van der Waals surface area contributed by atoms with Crippen LogP contribution in [0.15, 0.2) is 0 Å². The number of hydrogen-bond donors (Lipinski definition) is 1. The molecule has 2 heterocycles. The minimum atomic E-state index is 0.262. The number of morpholine rings is 1. The highest BCUT2D eigenvalue weighted by Gasteiger charge is 2.33. The Labute approximate surface area is 106 Å². The number of nitrogens with zero attached hydrogens (tertiary/aromatic N) is 1. The summed E-state index contributed by atoms with van der Waals surface area (Å²) in [5, 5.41) is 3.55. The van der Waals surface area contributed by atoms with Gasteiger partial charge in [-0.1, -0.05) is 0 Å². The molecule has 2 bridgehead atoms. The quantitative estimate of drug-likeness (QED) is 0.744. The van der Waals surface area contributed by atoms with Crippen molar-refractivity contribution < 1.29 is 4.74 Å². The van der Waals surface area contributed by atoms with Crippen molar-refractivity contribution >= 4 is 0 Å². The van der Waals surface area contributed by atoms with E-state index in [1.807, 2.05) is 0 Å². The molecular weight excluding hydrogens is 212 g/mol. The second-order valence-corrected chi connectivity index (χ2v) is 6.60. The second-order valence-electron chi connectivity index (χ2n) is 6.60. The van der Waals surface area contributed by atoms with Crippen LogP contribution in [0.2, 0.25) is 0 Å². The topological polar surface area (TPSA) is 24.5 Å². The standard InChI is InChI=1S/C14H28N2O/c1-14(2,3)15-8-4-5-9-16-10-12-6-7-13(11-16)17-12/h12-13,15H,4-11H2,1-3H3. The highest BCUT2D eigenvalue weighted by molar-refractivity contribution is 4.84. The monoisotopic (exact) mass is 240 g/mol. The number of rotatable bonds is 5. The van der Waals surface area contributed by atoms with Gasteiger partial charge in [-0.15, -0.1) is 0 Å². The highest BCUT2D eigenvalue weighted by Crippen LogP contribution is 2.26. The lowest BCUT2D eigenvalue weighted by Gasteiger charge is -2.32. The molecule has 3 heteroatoms. The molecule has 3 nitrogen and oxygen atoms in total. The molecule has 0 spiro atoms. The Morgan fingerprint density at radius 3 is 2.35 bits per heavy atom. The van der Waals surface area contributed by atoms with Crippen LogP contribution in [0.3, 0.4) is 0 Å². The molecule has 2 aliphatic heterocycles. The zero-order chi connectivity index (χ0) is 12.3. The zero-order valence-electron chi connectivity index (χ0n) is 11.7. The lowest BCUT2D eigenvalue weighted by atomic mass is 10.1. The van der Waals surface area contributed by atoms with Gasteiger partial charge in [0, 0.05) is 18.6 Å². The van der Waals surface area contributed by atoms with Gasteiger partial charge < -0.3 is 10.1 Å². The molecule has 2 fully saturated rings. The first-order valence-electron chi connectivity index (χ1n) is 7.16. The molecule has 0 radical (unpaired) electrons. The van der Waals surface area contributed by atoms with Gasteiger partial charge in [0.2, 0.25) is 0 Å². The van der Waals surface area contributed by atoms with Crippen LogP contribution in [-0.4, -0.2) is 48.8 Å². The zero-order valence-corrected chi connectivity index (χ0v) is 11.7. The maximum atomic E-state index is 5.85. The fourth-order valence-corrected chi connectivity index (χ4v) is 2.81. The Morgan fingerprint density at radius 2 is 1.76 bits per heavy atom. The molecule has 0 amide bonds. The first-order chi connectivity index (χ1) is 8.03. The number of ether oxygens (including phenoxy) is 1. The highest BCUT2D eigenvalue weighted by atomic mass is 16.5. The molecule has 0 saturated carbocycles. The number of likely N-dealkylation sites (tertiary alicyclic amines) is 1. The summed E-state index contributed by atoms with van der Waals surface area (Å²) in [6.07, 6.45) is 6.24. The van der Waals surface area contributed by atoms with Gasteiger partial charge in [0.1, 0.15) is 0 Å². The maximum Gasteiger partial charge on any atom is 0.0707 e. The lowest BCUT2D eigenvalue weighted by molar-refractivity contribution is -0.0385. The minimum Gasteiger partial charge on any atom is -0.372 e. The van der Waals surface area contributed by atoms with Crippen molar-refractivity contribution in [2.45, 2.75) is 64.2 Å². The molecule has 0 aliphatic carbocycles. The van der Waals surface area contributed by atoms with E-state index in [4.69, 9.17) is 4.74 Å². The van der Waals surface area contributed by atoms with Gasteiger partial charge in [-0.3, -0.25) is 4.90 Å². The van der Waals surface area contributed by atoms with Gasteiger partial charge in [0.25, 0.3) is 0 Å². The van der Waals surface area contributed by atoms with E-state index >= 15 is 0 Å². The Balaban J connectivity index is 1.54. The normalized spacial score (nSPS) is 29.8. The number of unbranched alkanes of at least 4 members (excludes halogenated alkanes) is 1. The molecule has 2 atom stereocenters. The third kappa shape index (κ3) is 4.57. The summed E-state index contributed by atoms with van der Waals surface area (Å²) in [5.74, 6) is 0. The summed E-state index contributed by atoms with van der Waals surface area (Å²) in [5.41, 5.74) is 0.262. The van der Waals surface area contributed by atoms with Gasteiger partial charge >= 0.3 is 0 Å². The maximum absolute atomic E-state index is 5.85. The minimum absolute atomic E-state index is 0.262. The van der Waals surface area contributed by atoms with Crippen LogP contribution >= 0.6 is 0 Å². The molecule has 0 aromatic carbocycles. The van der Waals surface area contributed by atoms with Crippen LogP contribution in [0.4, 0.5) is 0 Å². The molecule has 2 saturated heterocycles. The molecule has 2 rings (SSSR count). The van der Waals surface area contributed by atoms with Crippen LogP contribution < -0.4 is 5.32 Å². The Hall–Kier alpha value is -0.120. The fourth-order valence-electron chi connectivity index (χ4n) is 2.81. The summed E-state index contributed by atoms with van der Waals surface area (Å²) in [7, 11) is 0. The predicted octanol–water partition coefficient (Wildman–Crippen LogP) is 2.02. The van der Waals surface area contributed by atoms with Crippen molar-refractivity contribution in [1.29, 1.82) is 0 Å². The summed E-state index contributed by atoms with van der Waals surface area (Å²) in [6, 6.07) is 0. The van der Waals surface area contributed by atoms with Crippen molar-refractivity contribution in [3.8, 4) is 0 Å². The predicted molar refractivity (Wildman–Crippen MR) is 71.3 cm³/mol. The van der Waals surface area contributed by atoms with Crippen LogP contribution in [0, 0.1) is 0 Å². The van der Waals surface area contributed by atoms with Gasteiger partial charge in [-0.25, -0.2) is 0 Å². The summed E-state index contributed by atoms with van der Waals surface area (Å²) in [6.45, 7) is 11.4. The van der Waals surface area contributed by atoms with E-state index in [-0.39, 0.29) is 5.54 Å². The lowest BCUT2D eigenvalue weighted by Crippen LogP contribution is -2.43. The van der Waals surface area contributed by atoms with E-state index in [9.17, 15) is 0 Å². The SMILES string of the molecule is CC(C)(C)NCCCCN1CC2CCC(C1)O2. The van der Waals surface area contributed by atoms with E-state index < -0.39 is 0 Å². The smallest absolute Gasteiger partial charge is 0.0707 e. The Kier molecular flexibility index (Phi) is 4.45. The third-order valence-electron chi connectivity index (χ3n) is 3.68. The fraction of sp³-hybridized carbons (Fsp3) is 1.00. The van der Waals surface area contributed by atoms with Gasteiger partial charge in [0.05, 0.1) is 12.2 Å². The molecular formula is C14H28N2O. The first kappa shape index (κ1) is 13.3. The van der Waals surface area contributed by atoms with E-state index in [2.05, 4.69) is 31.0 Å². The average Bonchev–Trinajstić information content (AvgIpc) is 2.56. The number of hydrogen-bond acceptors (Lipinski definition) is 3. The molecule has 2 unspecified atom stereocenters. The third-order valence-corrected chi connectivity index (χ3v) is 3.68. The van der Waals surface area contributed by atoms with Crippen LogP contribution in [0.1, 0.15) is 46.5 Å². The molecule has 0 aromatic heterocycles. The van der Waals surface area contributed by atoms with Crippen molar-refractivity contribution in [2.75, 3.05) is 26.2 Å². The van der Waals surface area contributed by atoms with Gasteiger partial charge in [0.15, 0.2) is 0 Å². The van der Waals surface area contributed by atoms with Crippen molar-refractivity contribution in [3.05, 3.63) is 0 Å². The Bertz CT molecular complexity index is 225. The summed E-state index contributed by atoms with van der Waals surface area (Å²) in [4.78, 5) is 2.60. The molecule has 0 aromatic rings. The van der Waals surface area contributed by atoms with Crippen LogP contribution in [-0.2, 0) is 4.74 Å². The molecule has 100 valence electrons. The molecule has 1 N–H and O–H groups in total. The number of fused-ring (bicyclic) bond motifs is 2.